The molecule has 43 nitrogen and oxygen atoms in total. The van der Waals surface area contributed by atoms with Crippen molar-refractivity contribution in [2.75, 3.05) is 32.8 Å². The minimum Gasteiger partial charge on any atom is -0.508 e. The summed E-state index contributed by atoms with van der Waals surface area (Å²) in [5, 5.41) is 77.1. The van der Waals surface area contributed by atoms with Crippen LogP contribution in [0, 0.1) is 11.8 Å². The van der Waals surface area contributed by atoms with Gasteiger partial charge < -0.3 is 128 Å². The van der Waals surface area contributed by atoms with Gasteiger partial charge in [0, 0.05) is 45.3 Å². The third-order valence-corrected chi connectivity index (χ3v) is 20.2. The predicted octanol–water partition coefficient (Wildman–Crippen LogP) is -5.50. The number of likely N-dealkylation sites (tertiary alicyclic amines) is 2. The average Bonchev–Trinajstić information content (AvgIpc) is 1.67. The fourth-order valence-corrected chi connectivity index (χ4v) is 13.9. The summed E-state index contributed by atoms with van der Waals surface area (Å²) in [4.78, 5) is 255. The van der Waals surface area contributed by atoms with Crippen LogP contribution in [0.3, 0.4) is 0 Å². The molecule has 5 rings (SSSR count). The number of carboxylic acid groups (broad SMARTS) is 3. The molecule has 0 bridgehead atoms. The zero-order valence-electron chi connectivity index (χ0n) is 69.7. The number of aliphatic carboxylic acids is 3. The van der Waals surface area contributed by atoms with Crippen molar-refractivity contribution in [1.29, 1.82) is 0 Å². The lowest BCUT2D eigenvalue weighted by Crippen LogP contribution is -2.61. The molecule has 14 atom stereocenters. The van der Waals surface area contributed by atoms with Crippen molar-refractivity contribution in [3.63, 3.8) is 0 Å². The van der Waals surface area contributed by atoms with Crippen LogP contribution in [0.1, 0.15) is 147 Å². The first kappa shape index (κ1) is 102. The number of nitrogens with one attached hydrogen (secondary N) is 11. The molecule has 2 fully saturated rings. The number of hydrogen-bond donors (Lipinski definition) is 22. The maximum absolute atomic E-state index is 14.8. The van der Waals surface area contributed by atoms with Gasteiger partial charge in [-0.05, 0) is 124 Å². The highest BCUT2D eigenvalue weighted by Crippen LogP contribution is 2.24. The number of aromatic hydroxyl groups is 1. The van der Waals surface area contributed by atoms with E-state index in [0.717, 1.165) is 9.80 Å². The standard InChI is InChI=1S/C81H118N20O23/c1-43(2)34-53(93-71(114)54(35-44(3)4)94-73(116)55(92-67(110)49(83)42-102)36-45-16-7-5-8-17-45)70(113)90-51(21-13-31-88-81(86)87)69(112)98-59(40-64(85)105)79(122)101-33-15-22-61(101)76(119)97-57(39-63(84)104)74(117)96-58(41-66(108)109)75(118)89-50(20-11-12-30-82)68(111)95-56(37-47-24-26-48(103)27-25-47)72(115)91-52(28-29-65(106)107)78(121)100-32-14-23-62(100)77(120)99-60(80(123)124)38-46-18-9-6-10-19-46/h5-10,16-19,24-27,43-44,49-62,102-103H,11-15,20-23,28-42,82-83H2,1-4H3,(H2,84,104)(H2,85,105)(H,89,118)(H,90,113)(H,91,115)(H,92,110)(H,93,114)(H,94,116)(H,95,111)(H,96,117)(H,97,119)(H,98,112)(H,99,120)(H,106,107)(H,108,109)(H,123,124)(H4,86,87,88)/t49-,50-,51-,52-,53-,54-,55-,56-,57-,58-,59-,60-,61-,62-/m0/s1. The van der Waals surface area contributed by atoms with E-state index in [1.807, 2.05) is 0 Å². The highest BCUT2D eigenvalue weighted by Gasteiger charge is 2.44. The minimum atomic E-state index is -2.16. The third kappa shape index (κ3) is 34.5. The van der Waals surface area contributed by atoms with Gasteiger partial charge in [-0.2, -0.15) is 0 Å². The van der Waals surface area contributed by atoms with Gasteiger partial charge in [0.1, 0.15) is 90.3 Å². The highest BCUT2D eigenvalue weighted by molar-refractivity contribution is 6.02. The first-order chi connectivity index (χ1) is 58.7. The van der Waals surface area contributed by atoms with Crippen molar-refractivity contribution in [2.45, 2.75) is 234 Å². The Morgan fingerprint density at radius 2 is 0.790 bits per heavy atom. The monoisotopic (exact) mass is 1740 g/mol. The van der Waals surface area contributed by atoms with E-state index >= 15 is 0 Å². The molecule has 28 N–H and O–H groups in total. The van der Waals surface area contributed by atoms with E-state index in [2.05, 4.69) is 63.5 Å². The fourth-order valence-electron chi connectivity index (χ4n) is 13.9. The molecule has 3 aromatic rings. The highest BCUT2D eigenvalue weighted by atomic mass is 16.4. The van der Waals surface area contributed by atoms with Crippen LogP contribution in [0.25, 0.3) is 0 Å². The van der Waals surface area contributed by atoms with Crippen molar-refractivity contribution < 1.29 is 112 Å². The SMILES string of the molecule is CC(C)C[C@H](NC(=O)[C@H](CC(C)C)NC(=O)[C@H](Cc1ccccc1)NC(=O)[C@@H](N)CO)C(=O)N[C@@H](CCCN=C(N)N)C(=O)N[C@@H](CC(N)=O)C(=O)N1CCC[C@H]1C(=O)N[C@@H](CC(N)=O)C(=O)N[C@@H](CC(=O)O)C(=O)N[C@@H](CCCCN)C(=O)N[C@@H](Cc1ccc(O)cc1)C(=O)N[C@@H](CCC(=O)O)C(=O)N1CCC[C@H]1C(=O)N[C@@H](Cc1ccccc1)C(=O)O. The Morgan fingerprint density at radius 3 is 1.23 bits per heavy atom. The molecule has 680 valence electrons. The van der Waals surface area contributed by atoms with Crippen LogP contribution >= 0.6 is 0 Å². The van der Waals surface area contributed by atoms with E-state index < -0.39 is 236 Å². The quantitative estimate of drug-likeness (QED) is 0.0142. The summed E-state index contributed by atoms with van der Waals surface area (Å²) in [7, 11) is 0. The summed E-state index contributed by atoms with van der Waals surface area (Å²) < 4.78 is 0. The lowest BCUT2D eigenvalue weighted by molar-refractivity contribution is -0.145. The summed E-state index contributed by atoms with van der Waals surface area (Å²) in [5.74, 6) is -21.7. The Kier molecular flexibility index (Phi) is 41.9. The van der Waals surface area contributed by atoms with Gasteiger partial charge in [0.2, 0.25) is 88.6 Å². The number of phenolic OH excluding ortho intramolecular Hbond substituents is 1. The number of carboxylic acids is 3. The lowest BCUT2D eigenvalue weighted by atomic mass is 9.98. The number of benzene rings is 3. The first-order valence-electron chi connectivity index (χ1n) is 40.8. The van der Waals surface area contributed by atoms with Gasteiger partial charge in [-0.3, -0.25) is 86.5 Å². The Balaban J connectivity index is 1.37. The molecule has 0 aliphatic carbocycles. The number of guanidine groups is 1. The van der Waals surface area contributed by atoms with Crippen molar-refractivity contribution in [2.24, 2.45) is 51.2 Å². The van der Waals surface area contributed by atoms with E-state index in [9.17, 15) is 112 Å². The first-order valence-corrected chi connectivity index (χ1v) is 40.8. The summed E-state index contributed by atoms with van der Waals surface area (Å²) in [6, 6.07) is -0.506. The van der Waals surface area contributed by atoms with Crippen LogP contribution in [-0.2, 0) is 106 Å². The average molecular weight is 1740 g/mol. The number of aliphatic hydroxyl groups is 1. The van der Waals surface area contributed by atoms with Crippen LogP contribution in [0.5, 0.6) is 5.75 Å². The van der Waals surface area contributed by atoms with Gasteiger partial charge >= 0.3 is 17.9 Å². The molecule has 0 spiro atoms. The molecule has 2 heterocycles. The van der Waals surface area contributed by atoms with Crippen LogP contribution in [0.4, 0.5) is 0 Å². The predicted molar refractivity (Wildman–Crippen MR) is 444 cm³/mol. The fraction of sp³-hybridized carbons (Fsp3) is 0.543. The second kappa shape index (κ2) is 51.1. The number of nitrogens with two attached hydrogens (primary N) is 6. The molecule has 124 heavy (non-hydrogen) atoms. The number of amides is 15. The molecule has 0 aromatic heterocycles. The molecule has 3 aromatic carbocycles. The smallest absolute Gasteiger partial charge is 0.326 e. The number of carbonyl (C=O) groups excluding carboxylic acids is 15. The van der Waals surface area contributed by atoms with Crippen LogP contribution in [-0.4, -0.2) is 265 Å². The number of nitrogens with zero attached hydrogens (tertiary/aromatic N) is 3. The van der Waals surface area contributed by atoms with E-state index in [4.69, 9.17) is 34.4 Å². The van der Waals surface area contributed by atoms with Crippen molar-refractivity contribution in [1.82, 2.24) is 68.3 Å². The van der Waals surface area contributed by atoms with Gasteiger partial charge in [0.25, 0.3) is 0 Å². The maximum Gasteiger partial charge on any atom is 0.326 e. The van der Waals surface area contributed by atoms with E-state index in [1.165, 1.54) is 24.3 Å². The number of rotatable bonds is 53. The summed E-state index contributed by atoms with van der Waals surface area (Å²) in [6.07, 6.45) is -5.30. The molecule has 2 saturated heterocycles. The number of aliphatic imine (C=N–C) groups is 1. The second-order valence-electron chi connectivity index (χ2n) is 31.3. The molecule has 2 aliphatic heterocycles. The largest absolute Gasteiger partial charge is 0.508 e. The zero-order chi connectivity index (χ0) is 92.0. The zero-order valence-corrected chi connectivity index (χ0v) is 69.7. The molecule has 0 radical (unpaired) electrons. The van der Waals surface area contributed by atoms with Crippen molar-refractivity contribution in [3.05, 3.63) is 102 Å². The van der Waals surface area contributed by atoms with Gasteiger partial charge in [-0.15, -0.1) is 0 Å². The Bertz CT molecular complexity index is 4230. The third-order valence-electron chi connectivity index (χ3n) is 20.2. The van der Waals surface area contributed by atoms with Gasteiger partial charge in [0.15, 0.2) is 5.96 Å². The van der Waals surface area contributed by atoms with Gasteiger partial charge in [0.05, 0.1) is 25.9 Å². The molecular formula is C81H118N20O23. The number of primary amides is 2. The molecule has 2 aliphatic rings. The molecule has 0 unspecified atom stereocenters. The molecular weight excluding hydrogens is 1620 g/mol. The number of unbranched alkanes of at least 4 members (excludes halogenated alkanes) is 1. The van der Waals surface area contributed by atoms with Crippen molar-refractivity contribution in [3.8, 4) is 5.75 Å². The summed E-state index contributed by atoms with van der Waals surface area (Å²) in [6.45, 7) is 5.83. The van der Waals surface area contributed by atoms with E-state index in [-0.39, 0.29) is 139 Å². The Hall–Kier alpha value is -12.9. The summed E-state index contributed by atoms with van der Waals surface area (Å²) in [5.41, 5.74) is 35.4. The summed E-state index contributed by atoms with van der Waals surface area (Å²) >= 11 is 0. The minimum absolute atomic E-state index is 0.00904. The van der Waals surface area contributed by atoms with Crippen LogP contribution in [0.15, 0.2) is 89.9 Å². The van der Waals surface area contributed by atoms with Crippen LogP contribution < -0.4 is 92.9 Å². The Labute approximate surface area is 715 Å². The van der Waals surface area contributed by atoms with Gasteiger partial charge in [-0.25, -0.2) is 4.79 Å². The number of hydrogen-bond acceptors (Lipinski definition) is 23. The van der Waals surface area contributed by atoms with Crippen LogP contribution in [0.2, 0.25) is 0 Å². The number of aliphatic hydroxyl groups excluding tert-OH is 1. The van der Waals surface area contributed by atoms with E-state index in [1.54, 1.807) is 88.4 Å². The topological polar surface area (TPSA) is 716 Å². The molecule has 43 heteroatoms. The molecule has 0 saturated carbocycles. The number of phenols is 1. The molecule has 15 amide bonds. The second-order valence-corrected chi connectivity index (χ2v) is 31.3. The Morgan fingerprint density at radius 1 is 0.419 bits per heavy atom. The lowest BCUT2D eigenvalue weighted by Gasteiger charge is -2.31. The number of carbonyl (C=O) groups is 18. The normalized spacial score (nSPS) is 16.5. The maximum atomic E-state index is 14.8. The van der Waals surface area contributed by atoms with Crippen molar-refractivity contribution >= 4 is 112 Å². The van der Waals surface area contributed by atoms with Gasteiger partial charge in [-0.1, -0.05) is 100 Å². The van der Waals surface area contributed by atoms with E-state index in [0.29, 0.717) is 11.1 Å².